The molecule has 3 aromatic carbocycles. The molecule has 0 radical (unpaired) electrons. The Morgan fingerprint density at radius 1 is 1.11 bits per heavy atom. The average Bonchev–Trinajstić information content (AvgIpc) is 3.40. The Balaban J connectivity index is 1.37. The van der Waals surface area contributed by atoms with Gasteiger partial charge in [0.15, 0.2) is 5.17 Å². The smallest absolute Gasteiger partial charge is 0.264 e. The number of amides is 2. The Kier molecular flexibility index (Phi) is 6.79. The van der Waals surface area contributed by atoms with E-state index < -0.39 is 0 Å². The fraction of sp³-hybridized carbons (Fsp3) is 0.0741. The van der Waals surface area contributed by atoms with Crippen LogP contribution in [0.4, 0.5) is 11.4 Å². The number of hydrogen-bond acceptors (Lipinski definition) is 5. The van der Waals surface area contributed by atoms with Crippen LogP contribution in [0.2, 0.25) is 5.02 Å². The Morgan fingerprint density at radius 2 is 1.86 bits per heavy atom. The maximum atomic E-state index is 12.7. The first kappa shape index (κ1) is 23.7. The van der Waals surface area contributed by atoms with E-state index in [2.05, 4.69) is 15.6 Å². The van der Waals surface area contributed by atoms with E-state index in [1.165, 1.54) is 11.8 Å². The zero-order chi connectivity index (χ0) is 25.1. The summed E-state index contributed by atoms with van der Waals surface area (Å²) in [6, 6.07) is 22.0. The van der Waals surface area contributed by atoms with Crippen LogP contribution < -0.4 is 15.4 Å². The zero-order valence-electron chi connectivity index (χ0n) is 19.2. The summed E-state index contributed by atoms with van der Waals surface area (Å²) in [5, 5.41) is 7.75. The summed E-state index contributed by atoms with van der Waals surface area (Å²) in [7, 11) is 1.61. The van der Waals surface area contributed by atoms with E-state index in [9.17, 15) is 9.59 Å². The Labute approximate surface area is 216 Å². The fourth-order valence-electron chi connectivity index (χ4n) is 3.81. The first-order valence-corrected chi connectivity index (χ1v) is 12.2. The summed E-state index contributed by atoms with van der Waals surface area (Å²) < 4.78 is 7.04. The number of carbonyl (C=O) groups excluding carboxylic acids is 2. The quantitative estimate of drug-likeness (QED) is 0.316. The standard InChI is InChI=1S/C27H21ClN4O3S/c1-35-21-12-10-20(11-13-21)30-27-31-26(34)24(36-27)14-17-15-32(23-5-3-2-4-22(17)23)16-25(33)29-19-8-6-18(28)7-9-19/h2-15H,16H2,1H3,(H,29,33)(H,30,31,34)/b24-14+. The third kappa shape index (κ3) is 5.30. The number of methoxy groups -OCH3 is 1. The molecule has 0 atom stereocenters. The van der Waals surface area contributed by atoms with Crippen molar-refractivity contribution < 1.29 is 14.3 Å². The van der Waals surface area contributed by atoms with Crippen molar-refractivity contribution in [2.45, 2.75) is 6.54 Å². The number of ether oxygens (including phenoxy) is 1. The highest BCUT2D eigenvalue weighted by molar-refractivity contribution is 8.18. The molecule has 1 saturated heterocycles. The van der Waals surface area contributed by atoms with Gasteiger partial charge in [0.25, 0.3) is 5.91 Å². The lowest BCUT2D eigenvalue weighted by Crippen LogP contribution is -2.19. The number of fused-ring (bicyclic) bond motifs is 1. The highest BCUT2D eigenvalue weighted by Gasteiger charge is 2.24. The summed E-state index contributed by atoms with van der Waals surface area (Å²) in [4.78, 5) is 30.4. The predicted octanol–water partition coefficient (Wildman–Crippen LogP) is 5.83. The number of thioether (sulfide) groups is 1. The number of amidine groups is 1. The molecule has 7 nitrogen and oxygen atoms in total. The minimum atomic E-state index is -0.218. The van der Waals surface area contributed by atoms with Crippen LogP contribution in [0.5, 0.6) is 5.75 Å². The second-order valence-electron chi connectivity index (χ2n) is 7.96. The minimum absolute atomic E-state index is 0.121. The van der Waals surface area contributed by atoms with Crippen LogP contribution in [0.25, 0.3) is 17.0 Å². The van der Waals surface area contributed by atoms with Gasteiger partial charge in [-0.1, -0.05) is 29.8 Å². The predicted molar refractivity (Wildman–Crippen MR) is 146 cm³/mol. The molecule has 1 aromatic heterocycles. The number of para-hydroxylation sites is 1. The van der Waals surface area contributed by atoms with Crippen LogP contribution in [0.3, 0.4) is 0 Å². The molecule has 0 bridgehead atoms. The van der Waals surface area contributed by atoms with Crippen molar-refractivity contribution in [3.63, 3.8) is 0 Å². The van der Waals surface area contributed by atoms with Gasteiger partial charge in [0, 0.05) is 33.4 Å². The number of aromatic nitrogens is 1. The molecule has 1 fully saturated rings. The van der Waals surface area contributed by atoms with Crippen molar-refractivity contribution in [2.24, 2.45) is 4.99 Å². The molecular weight excluding hydrogens is 496 g/mol. The molecule has 2 heterocycles. The second-order valence-corrected chi connectivity index (χ2v) is 9.43. The average molecular weight is 517 g/mol. The van der Waals surface area contributed by atoms with Gasteiger partial charge in [-0.3, -0.25) is 9.59 Å². The van der Waals surface area contributed by atoms with Gasteiger partial charge in [0.2, 0.25) is 5.91 Å². The minimum Gasteiger partial charge on any atom is -0.497 e. The molecule has 0 spiro atoms. The molecule has 180 valence electrons. The number of nitrogens with one attached hydrogen (secondary N) is 2. The van der Waals surface area contributed by atoms with Crippen LogP contribution in [-0.2, 0) is 16.1 Å². The van der Waals surface area contributed by atoms with Crippen LogP contribution >= 0.6 is 23.4 Å². The van der Waals surface area contributed by atoms with E-state index in [4.69, 9.17) is 16.3 Å². The topological polar surface area (TPSA) is 84.7 Å². The van der Waals surface area contributed by atoms with Crippen molar-refractivity contribution in [1.29, 1.82) is 0 Å². The van der Waals surface area contributed by atoms with Gasteiger partial charge in [-0.25, -0.2) is 4.99 Å². The first-order valence-electron chi connectivity index (χ1n) is 11.1. The lowest BCUT2D eigenvalue weighted by atomic mass is 10.1. The van der Waals surface area contributed by atoms with E-state index in [0.29, 0.717) is 26.5 Å². The lowest BCUT2D eigenvalue weighted by molar-refractivity contribution is -0.117. The van der Waals surface area contributed by atoms with Crippen molar-refractivity contribution in [1.82, 2.24) is 9.88 Å². The maximum Gasteiger partial charge on any atom is 0.264 e. The maximum absolute atomic E-state index is 12.7. The molecule has 0 unspecified atom stereocenters. The van der Waals surface area contributed by atoms with Crippen molar-refractivity contribution >= 4 is 68.7 Å². The van der Waals surface area contributed by atoms with Gasteiger partial charge in [-0.15, -0.1) is 0 Å². The van der Waals surface area contributed by atoms with E-state index in [1.807, 2.05) is 65.4 Å². The number of nitrogens with zero attached hydrogens (tertiary/aromatic N) is 2. The molecule has 2 amide bonds. The number of rotatable bonds is 6. The molecule has 5 rings (SSSR count). The largest absolute Gasteiger partial charge is 0.497 e. The normalized spacial score (nSPS) is 15.4. The lowest BCUT2D eigenvalue weighted by Gasteiger charge is -2.07. The van der Waals surface area contributed by atoms with Crippen molar-refractivity contribution in [2.75, 3.05) is 12.4 Å². The van der Waals surface area contributed by atoms with E-state index in [0.717, 1.165) is 22.2 Å². The number of hydrogen-bond donors (Lipinski definition) is 2. The molecule has 1 aliphatic rings. The van der Waals surface area contributed by atoms with Gasteiger partial charge < -0.3 is 19.9 Å². The summed E-state index contributed by atoms with van der Waals surface area (Å²) in [5.41, 5.74) is 3.12. The van der Waals surface area contributed by atoms with Crippen LogP contribution in [0, 0.1) is 0 Å². The van der Waals surface area contributed by atoms with E-state index in [-0.39, 0.29) is 18.4 Å². The van der Waals surface area contributed by atoms with Gasteiger partial charge in [-0.2, -0.15) is 0 Å². The number of benzene rings is 3. The van der Waals surface area contributed by atoms with Gasteiger partial charge in [-0.05, 0) is 72.4 Å². The van der Waals surface area contributed by atoms with Crippen LogP contribution in [0.1, 0.15) is 5.56 Å². The molecular formula is C27H21ClN4O3S. The monoisotopic (exact) mass is 516 g/mol. The van der Waals surface area contributed by atoms with Gasteiger partial charge >= 0.3 is 0 Å². The summed E-state index contributed by atoms with van der Waals surface area (Å²) >= 11 is 7.20. The SMILES string of the molecule is COc1ccc(N=C2NC(=O)/C(=C\c3cn(CC(=O)Nc4ccc(Cl)cc4)c4ccccc34)S2)cc1. The first-order chi connectivity index (χ1) is 17.5. The van der Waals surface area contributed by atoms with E-state index in [1.54, 1.807) is 31.4 Å². The summed E-state index contributed by atoms with van der Waals surface area (Å²) in [5.74, 6) is 0.352. The fourth-order valence-corrected chi connectivity index (χ4v) is 4.76. The molecule has 36 heavy (non-hydrogen) atoms. The molecule has 9 heteroatoms. The molecule has 4 aromatic rings. The molecule has 0 saturated carbocycles. The zero-order valence-corrected chi connectivity index (χ0v) is 20.8. The Bertz CT molecular complexity index is 1510. The Hall–Kier alpha value is -4.01. The second kappa shape index (κ2) is 10.3. The number of aliphatic imine (C=N–C) groups is 1. The van der Waals surface area contributed by atoms with Gasteiger partial charge in [0.1, 0.15) is 12.3 Å². The summed E-state index contributed by atoms with van der Waals surface area (Å²) in [6.07, 6.45) is 3.71. The molecule has 0 aliphatic carbocycles. The number of carbonyl (C=O) groups is 2. The molecule has 1 aliphatic heterocycles. The third-order valence-electron chi connectivity index (χ3n) is 5.50. The molecule has 2 N–H and O–H groups in total. The van der Waals surface area contributed by atoms with E-state index >= 15 is 0 Å². The van der Waals surface area contributed by atoms with Crippen molar-refractivity contribution in [3.05, 3.63) is 94.5 Å². The third-order valence-corrected chi connectivity index (χ3v) is 6.66. The summed E-state index contributed by atoms with van der Waals surface area (Å²) in [6.45, 7) is 0.121. The highest BCUT2D eigenvalue weighted by Crippen LogP contribution is 2.31. The number of anilines is 1. The number of halogens is 1. The van der Waals surface area contributed by atoms with Gasteiger partial charge in [0.05, 0.1) is 17.7 Å². The van der Waals surface area contributed by atoms with Crippen LogP contribution in [0.15, 0.2) is 88.9 Å². The Morgan fingerprint density at radius 3 is 2.61 bits per heavy atom. The van der Waals surface area contributed by atoms with Crippen molar-refractivity contribution in [3.8, 4) is 5.75 Å². The highest BCUT2D eigenvalue weighted by atomic mass is 35.5. The van der Waals surface area contributed by atoms with Crippen LogP contribution in [-0.4, -0.2) is 28.7 Å².